The van der Waals surface area contributed by atoms with Gasteiger partial charge in [0.2, 0.25) is 0 Å². The van der Waals surface area contributed by atoms with E-state index in [1.54, 1.807) is 38.5 Å². The third-order valence-electron chi connectivity index (χ3n) is 4.18. The van der Waals surface area contributed by atoms with Crippen molar-refractivity contribution < 1.29 is 24.1 Å². The first kappa shape index (κ1) is 20.5. The number of benzene rings is 2. The molecule has 6 nitrogen and oxygen atoms in total. The van der Waals surface area contributed by atoms with Crippen LogP contribution in [0.3, 0.4) is 0 Å². The lowest BCUT2D eigenvalue weighted by molar-refractivity contribution is -0.135. The number of methoxy groups -OCH3 is 3. The highest BCUT2D eigenvalue weighted by molar-refractivity contribution is 8.18. The predicted octanol–water partition coefficient (Wildman–Crippen LogP) is 4.82. The van der Waals surface area contributed by atoms with Crippen LogP contribution in [0.15, 0.2) is 63.7 Å². The quantitative estimate of drug-likeness (QED) is 0.711. The van der Waals surface area contributed by atoms with E-state index in [0.29, 0.717) is 27.1 Å². The molecule has 0 atom stereocenters. The lowest BCUT2D eigenvalue weighted by Gasteiger charge is -2.06. The molecule has 29 heavy (non-hydrogen) atoms. The van der Waals surface area contributed by atoms with Gasteiger partial charge in [0.05, 0.1) is 31.9 Å². The molecule has 3 rings (SSSR count). The predicted molar refractivity (Wildman–Crippen MR) is 115 cm³/mol. The number of nitrogens with zero attached hydrogens (tertiary/aromatic N) is 1. The number of ether oxygens (including phenoxy) is 3. The summed E-state index contributed by atoms with van der Waals surface area (Å²) < 4.78 is 15.4. The van der Waals surface area contributed by atoms with E-state index in [9.17, 15) is 9.90 Å². The van der Waals surface area contributed by atoms with E-state index >= 15 is 0 Å². The van der Waals surface area contributed by atoms with Gasteiger partial charge in [0, 0.05) is 6.07 Å². The maximum atomic E-state index is 12.3. The second-order valence-corrected chi connectivity index (χ2v) is 7.26. The molecule has 0 saturated heterocycles. The zero-order valence-electron chi connectivity index (χ0n) is 16.6. The van der Waals surface area contributed by atoms with Gasteiger partial charge in [-0.1, -0.05) is 23.9 Å². The molecule has 150 valence electrons. The number of carbonyl (C=O) groups excluding carboxylic acids is 1. The average molecular weight is 411 g/mol. The molecule has 1 aliphatic heterocycles. The van der Waals surface area contributed by atoms with Crippen molar-refractivity contribution in [1.29, 1.82) is 0 Å². The average Bonchev–Trinajstić information content (AvgIpc) is 3.01. The lowest BCUT2D eigenvalue weighted by Crippen LogP contribution is -2.10. The topological polar surface area (TPSA) is 77.4 Å². The summed E-state index contributed by atoms with van der Waals surface area (Å²) in [6.07, 6.45) is 1.74. The molecule has 0 amide bonds. The highest BCUT2D eigenvalue weighted by Crippen LogP contribution is 2.40. The molecular formula is C22H21NO5S. The normalized spacial score (nSPS) is 16.4. The van der Waals surface area contributed by atoms with Gasteiger partial charge in [-0.3, -0.25) is 0 Å². The molecule has 0 unspecified atom stereocenters. The molecule has 0 aliphatic carbocycles. The van der Waals surface area contributed by atoms with E-state index in [2.05, 4.69) is 4.99 Å². The van der Waals surface area contributed by atoms with Crippen molar-refractivity contribution >= 4 is 34.5 Å². The summed E-state index contributed by atoms with van der Waals surface area (Å²) in [6.45, 7) is 1.96. The first-order valence-corrected chi connectivity index (χ1v) is 9.57. The largest absolute Gasteiger partial charge is 0.506 e. The van der Waals surface area contributed by atoms with Crippen LogP contribution >= 0.6 is 11.8 Å². The Hall–Kier alpha value is -3.19. The van der Waals surface area contributed by atoms with Gasteiger partial charge in [-0.15, -0.1) is 0 Å². The SMILES string of the molecule is COC(=O)C1=C(O)C(=Cc2cc(OC)cc(OC)c2)SC1=Nc1cccc(C)c1. The van der Waals surface area contributed by atoms with Crippen LogP contribution in [0.2, 0.25) is 0 Å². The van der Waals surface area contributed by atoms with Crippen LogP contribution in [0, 0.1) is 6.92 Å². The number of hydrogen-bond acceptors (Lipinski definition) is 7. The second kappa shape index (κ2) is 8.87. The minimum Gasteiger partial charge on any atom is -0.506 e. The van der Waals surface area contributed by atoms with E-state index in [0.717, 1.165) is 11.1 Å². The van der Waals surface area contributed by atoms with Crippen molar-refractivity contribution in [3.63, 3.8) is 0 Å². The molecule has 1 N–H and O–H groups in total. The van der Waals surface area contributed by atoms with E-state index in [4.69, 9.17) is 14.2 Å². The van der Waals surface area contributed by atoms with Crippen molar-refractivity contribution in [1.82, 2.24) is 0 Å². The lowest BCUT2D eigenvalue weighted by atomic mass is 10.1. The number of carbonyl (C=O) groups is 1. The molecule has 0 spiro atoms. The molecule has 0 bridgehead atoms. The van der Waals surface area contributed by atoms with E-state index in [1.165, 1.54) is 18.9 Å². The summed E-state index contributed by atoms with van der Waals surface area (Å²) in [4.78, 5) is 17.3. The summed E-state index contributed by atoms with van der Waals surface area (Å²) in [5.74, 6) is 0.414. The van der Waals surface area contributed by atoms with Gasteiger partial charge >= 0.3 is 5.97 Å². The van der Waals surface area contributed by atoms with Crippen LogP contribution in [0.5, 0.6) is 11.5 Å². The highest BCUT2D eigenvalue weighted by Gasteiger charge is 2.33. The van der Waals surface area contributed by atoms with Gasteiger partial charge in [0.1, 0.15) is 27.9 Å². The number of aliphatic hydroxyl groups excluding tert-OH is 1. The first-order chi connectivity index (χ1) is 13.9. The maximum Gasteiger partial charge on any atom is 0.344 e. The van der Waals surface area contributed by atoms with Crippen molar-refractivity contribution in [2.75, 3.05) is 21.3 Å². The Bertz CT molecular complexity index is 1020. The molecule has 2 aromatic carbocycles. The molecule has 0 fully saturated rings. The molecule has 7 heteroatoms. The van der Waals surface area contributed by atoms with Crippen molar-refractivity contribution in [2.24, 2.45) is 4.99 Å². The molecular weight excluding hydrogens is 390 g/mol. The maximum absolute atomic E-state index is 12.3. The Kier molecular flexibility index (Phi) is 6.29. The Balaban J connectivity index is 2.07. The third-order valence-corrected chi connectivity index (χ3v) is 5.20. The van der Waals surface area contributed by atoms with E-state index in [-0.39, 0.29) is 11.3 Å². The van der Waals surface area contributed by atoms with Crippen LogP contribution in [0.25, 0.3) is 6.08 Å². The number of hydrogen-bond donors (Lipinski definition) is 1. The van der Waals surface area contributed by atoms with Crippen LogP contribution in [0.4, 0.5) is 5.69 Å². The number of rotatable bonds is 5. The van der Waals surface area contributed by atoms with E-state index in [1.807, 2.05) is 31.2 Å². The van der Waals surface area contributed by atoms with E-state index < -0.39 is 5.97 Å². The fourth-order valence-electron chi connectivity index (χ4n) is 2.77. The Morgan fingerprint density at radius 2 is 1.76 bits per heavy atom. The molecule has 0 aromatic heterocycles. The van der Waals surface area contributed by atoms with Gasteiger partial charge in [-0.25, -0.2) is 9.79 Å². The Morgan fingerprint density at radius 3 is 2.34 bits per heavy atom. The van der Waals surface area contributed by atoms with Gasteiger partial charge in [-0.2, -0.15) is 0 Å². The zero-order chi connectivity index (χ0) is 21.0. The highest BCUT2D eigenvalue weighted by atomic mass is 32.2. The van der Waals surface area contributed by atoms with Crippen LogP contribution in [0.1, 0.15) is 11.1 Å². The number of thioether (sulfide) groups is 1. The molecule has 1 aliphatic rings. The van der Waals surface area contributed by atoms with Crippen LogP contribution < -0.4 is 9.47 Å². The fraction of sp³-hybridized carbons (Fsp3) is 0.182. The van der Waals surface area contributed by atoms with Gasteiger partial charge in [-0.05, 0) is 48.4 Å². The van der Waals surface area contributed by atoms with Crippen LogP contribution in [-0.2, 0) is 9.53 Å². The van der Waals surface area contributed by atoms with Crippen molar-refractivity contribution in [2.45, 2.75) is 6.92 Å². The summed E-state index contributed by atoms with van der Waals surface area (Å²) >= 11 is 1.20. The van der Waals surface area contributed by atoms with Crippen molar-refractivity contribution in [3.8, 4) is 11.5 Å². The van der Waals surface area contributed by atoms with Gasteiger partial charge in [0.25, 0.3) is 0 Å². The molecule has 2 aromatic rings. The number of aryl methyl sites for hydroxylation is 1. The summed E-state index contributed by atoms with van der Waals surface area (Å²) in [7, 11) is 4.40. The minimum atomic E-state index is -0.645. The fourth-order valence-corrected chi connectivity index (χ4v) is 3.80. The number of aliphatic hydroxyl groups is 1. The summed E-state index contributed by atoms with van der Waals surface area (Å²) in [5, 5.41) is 11.1. The minimum absolute atomic E-state index is 0.0418. The van der Waals surface area contributed by atoms with Gasteiger partial charge < -0.3 is 19.3 Å². The third kappa shape index (κ3) is 4.63. The molecule has 0 saturated carbocycles. The smallest absolute Gasteiger partial charge is 0.344 e. The first-order valence-electron chi connectivity index (χ1n) is 8.75. The monoisotopic (exact) mass is 411 g/mol. The van der Waals surface area contributed by atoms with Crippen LogP contribution in [-0.4, -0.2) is 37.4 Å². The van der Waals surface area contributed by atoms with Gasteiger partial charge in [0.15, 0.2) is 0 Å². The Morgan fingerprint density at radius 1 is 1.07 bits per heavy atom. The number of aliphatic imine (C=N–C) groups is 1. The summed E-state index contributed by atoms with van der Waals surface area (Å²) in [6, 6.07) is 12.9. The second-order valence-electron chi connectivity index (χ2n) is 6.23. The number of esters is 1. The zero-order valence-corrected chi connectivity index (χ0v) is 17.4. The van der Waals surface area contributed by atoms with Crippen molar-refractivity contribution in [3.05, 3.63) is 69.8 Å². The Labute approximate surface area is 173 Å². The molecule has 1 heterocycles. The standard InChI is InChI=1S/C22H21NO5S/c1-13-6-5-7-15(8-13)23-21-19(22(25)28-4)20(24)18(29-21)11-14-9-16(26-2)12-17(10-14)27-3/h5-12,24H,1-4H3. The summed E-state index contributed by atoms with van der Waals surface area (Å²) in [5.41, 5.74) is 2.52. The molecule has 0 radical (unpaired) electrons.